The molecule has 12 rings (SSSR count). The van der Waals surface area contributed by atoms with Gasteiger partial charge in [-0.15, -0.1) is 0 Å². The fraction of sp³-hybridized carbons (Fsp3) is 0.0357. The monoisotopic (exact) mass is 754 g/mol. The number of para-hydroxylation sites is 4. The van der Waals surface area contributed by atoms with Crippen LogP contribution in [0.2, 0.25) is 0 Å². The maximum Gasteiger partial charge on any atom is 0.137 e. The summed E-state index contributed by atoms with van der Waals surface area (Å²) in [4.78, 5) is 2.55. The van der Waals surface area contributed by atoms with Crippen molar-refractivity contribution in [2.24, 2.45) is 0 Å². The number of aromatic nitrogens is 1. The number of hydrogen-bond acceptors (Lipinski definition) is 2. The van der Waals surface area contributed by atoms with Crippen LogP contribution in [0.15, 0.2) is 223 Å². The van der Waals surface area contributed by atoms with E-state index in [4.69, 9.17) is 4.42 Å². The summed E-state index contributed by atoms with van der Waals surface area (Å²) in [6, 6.07) is 79.6. The fourth-order valence-corrected chi connectivity index (χ4v) is 9.96. The van der Waals surface area contributed by atoms with Gasteiger partial charge in [0.2, 0.25) is 0 Å². The van der Waals surface area contributed by atoms with Gasteiger partial charge >= 0.3 is 0 Å². The van der Waals surface area contributed by atoms with Gasteiger partial charge in [-0.3, -0.25) is 0 Å². The summed E-state index contributed by atoms with van der Waals surface area (Å²) < 4.78 is 8.97. The molecule has 0 radical (unpaired) electrons. The number of fused-ring (bicyclic) bond motifs is 9. The molecule has 1 aliphatic rings. The largest absolute Gasteiger partial charge is 0.456 e. The minimum Gasteiger partial charge on any atom is -0.456 e. The van der Waals surface area contributed by atoms with Gasteiger partial charge < -0.3 is 13.9 Å². The molecule has 0 amide bonds. The molecule has 2 aromatic heterocycles. The van der Waals surface area contributed by atoms with Gasteiger partial charge in [0.25, 0.3) is 0 Å². The normalized spacial score (nSPS) is 14.6. The van der Waals surface area contributed by atoms with Crippen LogP contribution in [0.3, 0.4) is 0 Å². The molecule has 0 saturated heterocycles. The van der Waals surface area contributed by atoms with Crippen molar-refractivity contribution < 1.29 is 4.42 Å². The lowest BCUT2D eigenvalue weighted by Crippen LogP contribution is -2.44. The van der Waals surface area contributed by atoms with E-state index < -0.39 is 5.54 Å². The van der Waals surface area contributed by atoms with Gasteiger partial charge in [-0.05, 0) is 100.0 Å². The van der Waals surface area contributed by atoms with Crippen molar-refractivity contribution in [1.29, 1.82) is 0 Å². The van der Waals surface area contributed by atoms with Crippen molar-refractivity contribution in [2.75, 3.05) is 4.90 Å². The van der Waals surface area contributed by atoms with Crippen LogP contribution in [0.5, 0.6) is 0 Å². The fourth-order valence-electron chi connectivity index (χ4n) is 9.96. The van der Waals surface area contributed by atoms with Gasteiger partial charge in [-0.1, -0.05) is 158 Å². The summed E-state index contributed by atoms with van der Waals surface area (Å²) in [5, 5.41) is 4.77. The van der Waals surface area contributed by atoms with E-state index in [9.17, 15) is 0 Å². The van der Waals surface area contributed by atoms with E-state index in [2.05, 4.69) is 222 Å². The number of hydrogen-bond donors (Lipinski definition) is 0. The van der Waals surface area contributed by atoms with Crippen LogP contribution in [-0.2, 0) is 12.0 Å². The third-order valence-corrected chi connectivity index (χ3v) is 12.4. The quantitative estimate of drug-likeness (QED) is 0.162. The number of benzene rings is 9. The second-order valence-corrected chi connectivity index (χ2v) is 15.7. The zero-order valence-corrected chi connectivity index (χ0v) is 32.3. The second kappa shape index (κ2) is 13.2. The molecular weight excluding hydrogens is 717 g/mol. The molecular formula is C56H38N2O. The number of anilines is 2. The molecule has 0 bridgehead atoms. The summed E-state index contributed by atoms with van der Waals surface area (Å²) in [5.74, 6) is 0. The Morgan fingerprint density at radius 1 is 0.407 bits per heavy atom. The van der Waals surface area contributed by atoms with Crippen molar-refractivity contribution in [3.05, 3.63) is 246 Å². The molecule has 0 saturated carbocycles. The first-order valence-corrected chi connectivity index (χ1v) is 20.4. The van der Waals surface area contributed by atoms with Crippen LogP contribution < -0.4 is 4.90 Å². The van der Waals surface area contributed by atoms with Crippen LogP contribution in [0.1, 0.15) is 27.8 Å². The maximum absolute atomic E-state index is 6.56. The summed E-state index contributed by atoms with van der Waals surface area (Å²) in [6.45, 7) is 0. The summed E-state index contributed by atoms with van der Waals surface area (Å²) in [7, 11) is 0. The Hall–Kier alpha value is -7.62. The van der Waals surface area contributed by atoms with Gasteiger partial charge in [0.15, 0.2) is 0 Å². The van der Waals surface area contributed by atoms with Crippen LogP contribution in [-0.4, -0.2) is 4.57 Å². The van der Waals surface area contributed by atoms with Gasteiger partial charge in [0.1, 0.15) is 16.7 Å². The lowest BCUT2D eigenvalue weighted by atomic mass is 9.77. The van der Waals surface area contributed by atoms with E-state index in [-0.39, 0.29) is 0 Å². The highest BCUT2D eigenvalue weighted by molar-refractivity contribution is 6.09. The third kappa shape index (κ3) is 5.08. The summed E-state index contributed by atoms with van der Waals surface area (Å²) in [5.41, 5.74) is 15.6. The van der Waals surface area contributed by atoms with Crippen molar-refractivity contribution >= 4 is 55.1 Å². The Bertz CT molecular complexity index is 3360. The van der Waals surface area contributed by atoms with E-state index in [1.165, 1.54) is 66.4 Å². The molecule has 9 aromatic carbocycles. The standard InChI is InChI=1S/C56H38N2O/c1-4-16-40(17-5-1)56(58(42-20-8-3-9-21-42)43-30-33-49-48-24-12-15-27-54(48)59-55(49)37-43)50-25-13-10-22-44(50)45-31-28-38(35-51(45)56)34-39-29-32-47-46-23-11-14-26-52(46)57(53(47)36-39)41-18-6-2-7-19-41/h1-33,35-37H,34H2. The van der Waals surface area contributed by atoms with Gasteiger partial charge in [0.05, 0.1) is 11.0 Å². The topological polar surface area (TPSA) is 21.3 Å². The molecule has 1 aliphatic carbocycles. The Kier molecular flexibility index (Phi) is 7.51. The number of furan rings is 1. The highest BCUT2D eigenvalue weighted by Crippen LogP contribution is 2.58. The van der Waals surface area contributed by atoms with E-state index in [0.717, 1.165) is 39.7 Å². The van der Waals surface area contributed by atoms with Crippen LogP contribution in [0, 0.1) is 0 Å². The molecule has 1 unspecified atom stereocenters. The molecule has 59 heavy (non-hydrogen) atoms. The Morgan fingerprint density at radius 3 is 1.86 bits per heavy atom. The van der Waals surface area contributed by atoms with E-state index in [0.29, 0.717) is 0 Å². The lowest BCUT2D eigenvalue weighted by molar-refractivity contribution is 0.640. The molecule has 0 N–H and O–H groups in total. The number of rotatable bonds is 7. The SMILES string of the molecule is c1ccc(N(c2ccc3c(c2)oc2ccccc23)C2(c3ccccc3)c3ccccc3-c3ccc(Cc4ccc5c6ccccc6n(-c6ccccc6)c5c4)cc32)cc1. The number of nitrogens with zero attached hydrogens (tertiary/aromatic N) is 2. The smallest absolute Gasteiger partial charge is 0.137 e. The zero-order valence-electron chi connectivity index (χ0n) is 32.3. The predicted octanol–water partition coefficient (Wildman–Crippen LogP) is 14.4. The zero-order chi connectivity index (χ0) is 38.9. The van der Waals surface area contributed by atoms with Gasteiger partial charge in [-0.25, -0.2) is 0 Å². The average Bonchev–Trinajstić information content (AvgIpc) is 3.93. The van der Waals surface area contributed by atoms with E-state index in [1.54, 1.807) is 0 Å². The predicted molar refractivity (Wildman–Crippen MR) is 244 cm³/mol. The second-order valence-electron chi connectivity index (χ2n) is 15.7. The first-order valence-electron chi connectivity index (χ1n) is 20.4. The Balaban J connectivity index is 1.08. The molecule has 11 aromatic rings. The minimum atomic E-state index is -0.714. The average molecular weight is 755 g/mol. The summed E-state index contributed by atoms with van der Waals surface area (Å²) >= 11 is 0. The highest BCUT2D eigenvalue weighted by atomic mass is 16.3. The van der Waals surface area contributed by atoms with Crippen molar-refractivity contribution in [2.45, 2.75) is 12.0 Å². The molecule has 0 spiro atoms. The molecule has 3 nitrogen and oxygen atoms in total. The molecule has 2 heterocycles. The van der Waals surface area contributed by atoms with E-state index in [1.807, 2.05) is 6.07 Å². The Morgan fingerprint density at radius 2 is 1.02 bits per heavy atom. The first-order chi connectivity index (χ1) is 29.3. The molecule has 0 aliphatic heterocycles. The van der Waals surface area contributed by atoms with Crippen LogP contribution >= 0.6 is 0 Å². The maximum atomic E-state index is 6.56. The molecule has 3 heteroatoms. The Labute approximate surface area is 342 Å². The molecule has 0 fully saturated rings. The van der Waals surface area contributed by atoms with Crippen LogP contribution in [0.4, 0.5) is 11.4 Å². The van der Waals surface area contributed by atoms with Crippen LogP contribution in [0.25, 0.3) is 60.6 Å². The van der Waals surface area contributed by atoms with E-state index >= 15 is 0 Å². The first kappa shape index (κ1) is 33.5. The minimum absolute atomic E-state index is 0.714. The highest BCUT2D eigenvalue weighted by Gasteiger charge is 2.50. The van der Waals surface area contributed by atoms with Gasteiger partial charge in [-0.2, -0.15) is 0 Å². The van der Waals surface area contributed by atoms with Crippen molar-refractivity contribution in [3.63, 3.8) is 0 Å². The van der Waals surface area contributed by atoms with Crippen molar-refractivity contribution in [3.8, 4) is 16.8 Å². The van der Waals surface area contributed by atoms with Gasteiger partial charge in [0, 0.05) is 44.7 Å². The lowest BCUT2D eigenvalue weighted by Gasteiger charge is -2.45. The molecule has 1 atom stereocenters. The summed E-state index contributed by atoms with van der Waals surface area (Å²) in [6.07, 6.45) is 0.789. The van der Waals surface area contributed by atoms with Crippen molar-refractivity contribution in [1.82, 2.24) is 4.57 Å². The third-order valence-electron chi connectivity index (χ3n) is 12.4. The molecule has 278 valence electrons.